The number of hydrogen-bond acceptors (Lipinski definition) is 4. The molecule has 2 heterocycles. The van der Waals surface area contributed by atoms with Crippen LogP contribution in [0, 0.1) is 5.82 Å². The van der Waals surface area contributed by atoms with Gasteiger partial charge in [0.1, 0.15) is 11.5 Å². The summed E-state index contributed by atoms with van der Waals surface area (Å²) >= 11 is 5.74. The highest BCUT2D eigenvalue weighted by Crippen LogP contribution is 2.38. The molecule has 1 aliphatic carbocycles. The molecule has 1 N–H and O–H groups in total. The summed E-state index contributed by atoms with van der Waals surface area (Å²) in [6.45, 7) is 0.330. The second kappa shape index (κ2) is 6.33. The number of carbonyl (C=O) groups is 1. The van der Waals surface area contributed by atoms with Crippen LogP contribution in [0.3, 0.4) is 0 Å². The average Bonchev–Trinajstić information content (AvgIpc) is 3.15. The van der Waals surface area contributed by atoms with Crippen LogP contribution in [0.15, 0.2) is 41.1 Å². The van der Waals surface area contributed by atoms with Gasteiger partial charge in [-0.3, -0.25) is 4.79 Å². The second-order valence-corrected chi connectivity index (χ2v) is 6.33. The fourth-order valence-corrected chi connectivity index (χ4v) is 2.69. The van der Waals surface area contributed by atoms with Crippen LogP contribution in [0.1, 0.15) is 41.0 Å². The normalized spacial score (nSPS) is 13.8. The van der Waals surface area contributed by atoms with Gasteiger partial charge in [-0.05, 0) is 43.2 Å². The van der Waals surface area contributed by atoms with Gasteiger partial charge >= 0.3 is 0 Å². The van der Waals surface area contributed by atoms with Crippen LogP contribution in [0.4, 0.5) is 10.1 Å². The summed E-state index contributed by atoms with van der Waals surface area (Å²) in [5, 5.41) is 6.61. The Morgan fingerprint density at radius 3 is 3.00 bits per heavy atom. The van der Waals surface area contributed by atoms with Gasteiger partial charge in [0.2, 0.25) is 5.89 Å². The van der Waals surface area contributed by atoms with E-state index in [1.54, 1.807) is 22.9 Å². The Kier molecular flexibility index (Phi) is 4.01. The Bertz CT molecular complexity index is 932. The Morgan fingerprint density at radius 2 is 2.24 bits per heavy atom. The second-order valence-electron chi connectivity index (χ2n) is 5.93. The van der Waals surface area contributed by atoms with Crippen molar-refractivity contribution in [3.05, 3.63) is 64.8 Å². The molecule has 1 amide bonds. The lowest BCUT2D eigenvalue weighted by Gasteiger charge is -2.08. The van der Waals surface area contributed by atoms with Crippen LogP contribution in [0.5, 0.6) is 0 Å². The van der Waals surface area contributed by atoms with Crippen molar-refractivity contribution in [2.24, 2.45) is 0 Å². The van der Waals surface area contributed by atoms with Crippen molar-refractivity contribution < 1.29 is 13.7 Å². The van der Waals surface area contributed by atoms with Gasteiger partial charge < -0.3 is 14.4 Å². The lowest BCUT2D eigenvalue weighted by atomic mass is 10.3. The summed E-state index contributed by atoms with van der Waals surface area (Å²) in [4.78, 5) is 16.8. The highest BCUT2D eigenvalue weighted by molar-refractivity contribution is 6.31. The zero-order valence-electron chi connectivity index (χ0n) is 13.1. The predicted molar refractivity (Wildman–Crippen MR) is 89.2 cm³/mol. The van der Waals surface area contributed by atoms with E-state index in [0.717, 1.165) is 12.8 Å². The van der Waals surface area contributed by atoms with E-state index in [0.29, 0.717) is 35.6 Å². The number of halogens is 2. The molecule has 1 aliphatic rings. The van der Waals surface area contributed by atoms with E-state index in [1.807, 2.05) is 0 Å². The molecule has 0 spiro atoms. The van der Waals surface area contributed by atoms with Gasteiger partial charge in [0, 0.05) is 17.8 Å². The number of rotatable bonds is 5. The molecule has 0 saturated heterocycles. The minimum atomic E-state index is -0.536. The zero-order valence-corrected chi connectivity index (χ0v) is 13.8. The highest BCUT2D eigenvalue weighted by atomic mass is 35.5. The number of nitrogens with zero attached hydrogens (tertiary/aromatic N) is 3. The van der Waals surface area contributed by atoms with Crippen molar-refractivity contribution in [3.63, 3.8) is 0 Å². The fourth-order valence-electron chi connectivity index (χ4n) is 2.51. The van der Waals surface area contributed by atoms with Gasteiger partial charge in [0.05, 0.1) is 11.6 Å². The minimum absolute atomic E-state index is 0.0485. The Labute approximate surface area is 147 Å². The SMILES string of the molecule is O=C(Nc1ccc(F)c(Cl)c1)c1cccn1Cc1noc(C2CC2)n1. The summed E-state index contributed by atoms with van der Waals surface area (Å²) in [6.07, 6.45) is 3.93. The number of carbonyl (C=O) groups excluding carboxylic acids is 1. The number of hydrogen-bond donors (Lipinski definition) is 1. The van der Waals surface area contributed by atoms with Gasteiger partial charge in [0.25, 0.3) is 5.91 Å². The molecule has 8 heteroatoms. The van der Waals surface area contributed by atoms with Gasteiger partial charge in [-0.15, -0.1) is 0 Å². The molecular formula is C17H14ClFN4O2. The van der Waals surface area contributed by atoms with E-state index in [4.69, 9.17) is 16.1 Å². The molecule has 1 fully saturated rings. The molecule has 3 aromatic rings. The maximum absolute atomic E-state index is 13.2. The van der Waals surface area contributed by atoms with Crippen LogP contribution in [-0.4, -0.2) is 20.6 Å². The third kappa shape index (κ3) is 3.41. The Morgan fingerprint density at radius 1 is 1.40 bits per heavy atom. The molecule has 1 aromatic carbocycles. The molecule has 0 aliphatic heterocycles. The third-order valence-corrected chi connectivity index (χ3v) is 4.25. The smallest absolute Gasteiger partial charge is 0.272 e. The maximum Gasteiger partial charge on any atom is 0.272 e. The molecular weight excluding hydrogens is 347 g/mol. The van der Waals surface area contributed by atoms with E-state index in [-0.39, 0.29) is 10.9 Å². The van der Waals surface area contributed by atoms with Crippen molar-refractivity contribution in [1.82, 2.24) is 14.7 Å². The monoisotopic (exact) mass is 360 g/mol. The van der Waals surface area contributed by atoms with E-state index in [1.165, 1.54) is 18.2 Å². The third-order valence-electron chi connectivity index (χ3n) is 3.96. The van der Waals surface area contributed by atoms with Crippen molar-refractivity contribution in [2.75, 3.05) is 5.32 Å². The van der Waals surface area contributed by atoms with E-state index in [9.17, 15) is 9.18 Å². The number of benzene rings is 1. The molecule has 25 heavy (non-hydrogen) atoms. The largest absolute Gasteiger partial charge is 0.339 e. The summed E-state index contributed by atoms with van der Waals surface area (Å²) in [6, 6.07) is 7.46. The van der Waals surface area contributed by atoms with Crippen LogP contribution in [0.2, 0.25) is 5.02 Å². The molecule has 2 aromatic heterocycles. The molecule has 0 bridgehead atoms. The van der Waals surface area contributed by atoms with Crippen molar-refractivity contribution in [2.45, 2.75) is 25.3 Å². The average molecular weight is 361 g/mol. The van der Waals surface area contributed by atoms with Crippen molar-refractivity contribution in [3.8, 4) is 0 Å². The standard InChI is InChI=1S/C17H14ClFN4O2/c18-12-8-11(5-6-13(12)19)20-16(24)14-2-1-7-23(14)9-15-21-17(25-22-15)10-3-4-10/h1-2,5-8,10H,3-4,9H2,(H,20,24). The molecule has 0 radical (unpaired) electrons. The first kappa shape index (κ1) is 15.8. The summed E-state index contributed by atoms with van der Waals surface area (Å²) < 4.78 is 20.2. The highest BCUT2D eigenvalue weighted by Gasteiger charge is 2.29. The molecule has 6 nitrogen and oxygen atoms in total. The van der Waals surface area contributed by atoms with E-state index < -0.39 is 5.82 Å². The predicted octanol–water partition coefficient (Wildman–Crippen LogP) is 3.84. The number of amides is 1. The molecule has 0 unspecified atom stereocenters. The quantitative estimate of drug-likeness (QED) is 0.750. The zero-order chi connectivity index (χ0) is 17.4. The first-order chi connectivity index (χ1) is 12.1. The summed E-state index contributed by atoms with van der Waals surface area (Å²) in [7, 11) is 0. The van der Waals surface area contributed by atoms with E-state index >= 15 is 0 Å². The van der Waals surface area contributed by atoms with Gasteiger partial charge in [-0.25, -0.2) is 4.39 Å². The number of aromatic nitrogens is 3. The Hall–Kier alpha value is -2.67. The topological polar surface area (TPSA) is 73.0 Å². The number of anilines is 1. The minimum Gasteiger partial charge on any atom is -0.339 e. The lowest BCUT2D eigenvalue weighted by molar-refractivity contribution is 0.101. The molecule has 1 saturated carbocycles. The summed E-state index contributed by atoms with van der Waals surface area (Å²) in [5.74, 6) is 0.702. The summed E-state index contributed by atoms with van der Waals surface area (Å²) in [5.41, 5.74) is 0.845. The van der Waals surface area contributed by atoms with Crippen molar-refractivity contribution >= 4 is 23.2 Å². The van der Waals surface area contributed by atoms with Crippen LogP contribution >= 0.6 is 11.6 Å². The molecule has 4 rings (SSSR count). The van der Waals surface area contributed by atoms with E-state index in [2.05, 4.69) is 15.5 Å². The first-order valence-electron chi connectivity index (χ1n) is 7.84. The Balaban J connectivity index is 1.49. The van der Waals surface area contributed by atoms with Gasteiger partial charge in [-0.2, -0.15) is 4.98 Å². The lowest BCUT2D eigenvalue weighted by Crippen LogP contribution is -2.17. The van der Waals surface area contributed by atoms with Crippen LogP contribution in [0.25, 0.3) is 0 Å². The maximum atomic E-state index is 13.2. The van der Waals surface area contributed by atoms with Crippen LogP contribution in [-0.2, 0) is 6.54 Å². The fraction of sp³-hybridized carbons (Fsp3) is 0.235. The number of nitrogens with one attached hydrogen (secondary N) is 1. The van der Waals surface area contributed by atoms with Crippen molar-refractivity contribution in [1.29, 1.82) is 0 Å². The van der Waals surface area contributed by atoms with Crippen LogP contribution < -0.4 is 5.32 Å². The van der Waals surface area contributed by atoms with Gasteiger partial charge in [0.15, 0.2) is 5.82 Å². The van der Waals surface area contributed by atoms with Gasteiger partial charge in [-0.1, -0.05) is 16.8 Å². The molecule has 0 atom stereocenters. The molecule has 128 valence electrons. The first-order valence-corrected chi connectivity index (χ1v) is 8.22.